The zero-order valence-corrected chi connectivity index (χ0v) is 13.3. The second-order valence-corrected chi connectivity index (χ2v) is 6.33. The lowest BCUT2D eigenvalue weighted by Gasteiger charge is -2.11. The molecule has 1 aromatic heterocycles. The van der Waals surface area contributed by atoms with Gasteiger partial charge >= 0.3 is 0 Å². The van der Waals surface area contributed by atoms with Crippen LogP contribution in [-0.4, -0.2) is 10.5 Å². The van der Waals surface area contributed by atoms with Crippen LogP contribution < -0.4 is 5.32 Å². The van der Waals surface area contributed by atoms with Gasteiger partial charge in [0, 0.05) is 21.7 Å². The summed E-state index contributed by atoms with van der Waals surface area (Å²) in [6.07, 6.45) is 4.26. The van der Waals surface area contributed by atoms with E-state index in [9.17, 15) is 4.79 Å². The highest BCUT2D eigenvalue weighted by Gasteiger charge is 2.26. The van der Waals surface area contributed by atoms with Crippen molar-refractivity contribution >= 4 is 39.1 Å². The molecule has 5 heteroatoms. The first-order valence-electron chi connectivity index (χ1n) is 6.50. The van der Waals surface area contributed by atoms with Gasteiger partial charge in [-0.3, -0.25) is 4.79 Å². The Kier molecular flexibility index (Phi) is 3.61. The van der Waals surface area contributed by atoms with Crippen molar-refractivity contribution in [3.63, 3.8) is 0 Å². The van der Waals surface area contributed by atoms with Crippen molar-refractivity contribution in [2.24, 2.45) is 0 Å². The third-order valence-electron chi connectivity index (χ3n) is 3.45. The van der Waals surface area contributed by atoms with Gasteiger partial charge in [-0.1, -0.05) is 11.6 Å². The van der Waals surface area contributed by atoms with E-state index in [4.69, 9.17) is 11.6 Å². The maximum Gasteiger partial charge on any atom is 0.272 e. The number of hydrogen-bond acceptors (Lipinski definition) is 1. The van der Waals surface area contributed by atoms with E-state index in [1.165, 1.54) is 0 Å². The zero-order chi connectivity index (χ0) is 14.3. The van der Waals surface area contributed by atoms with E-state index in [1.807, 2.05) is 35.9 Å². The fourth-order valence-corrected chi connectivity index (χ4v) is 2.91. The molecule has 1 heterocycles. The van der Waals surface area contributed by atoms with Gasteiger partial charge < -0.3 is 9.88 Å². The van der Waals surface area contributed by atoms with Crippen LogP contribution in [0.2, 0.25) is 5.02 Å². The van der Waals surface area contributed by atoms with Crippen molar-refractivity contribution in [3.8, 4) is 0 Å². The molecule has 1 fully saturated rings. The smallest absolute Gasteiger partial charge is 0.272 e. The van der Waals surface area contributed by atoms with E-state index in [-0.39, 0.29) is 5.91 Å². The molecule has 1 aliphatic carbocycles. The molecule has 1 saturated carbocycles. The van der Waals surface area contributed by atoms with Gasteiger partial charge in [0.2, 0.25) is 0 Å². The summed E-state index contributed by atoms with van der Waals surface area (Å²) in [7, 11) is 0. The van der Waals surface area contributed by atoms with Gasteiger partial charge in [-0.2, -0.15) is 0 Å². The molecule has 104 valence electrons. The normalized spacial score (nSPS) is 14.3. The standard InChI is InChI=1S/C15H14BrClN2O/c1-9-7-11(16)13(8-12(9)17)18-15(20)14-3-2-6-19(14)10-4-5-10/h2-3,6-8,10H,4-5H2,1H3,(H,18,20). The first-order valence-corrected chi connectivity index (χ1v) is 7.67. The summed E-state index contributed by atoms with van der Waals surface area (Å²) in [5.74, 6) is -0.109. The number of halogens is 2. The van der Waals surface area contributed by atoms with Crippen molar-refractivity contribution in [2.75, 3.05) is 5.32 Å². The highest BCUT2D eigenvalue weighted by molar-refractivity contribution is 9.10. The molecular weight excluding hydrogens is 340 g/mol. The number of aryl methyl sites for hydroxylation is 1. The first kappa shape index (κ1) is 13.7. The Bertz CT molecular complexity index is 677. The van der Waals surface area contributed by atoms with Gasteiger partial charge in [-0.05, 0) is 65.5 Å². The monoisotopic (exact) mass is 352 g/mol. The molecule has 0 atom stereocenters. The summed E-state index contributed by atoms with van der Waals surface area (Å²) in [5, 5.41) is 3.55. The molecule has 1 amide bonds. The van der Waals surface area contributed by atoms with Gasteiger partial charge in [0.05, 0.1) is 5.69 Å². The van der Waals surface area contributed by atoms with Crippen LogP contribution in [0.25, 0.3) is 0 Å². The van der Waals surface area contributed by atoms with Crippen LogP contribution in [0.5, 0.6) is 0 Å². The highest BCUT2D eigenvalue weighted by Crippen LogP contribution is 2.36. The minimum absolute atomic E-state index is 0.109. The molecule has 3 rings (SSSR count). The molecular formula is C15H14BrClN2O. The minimum Gasteiger partial charge on any atom is -0.340 e. The van der Waals surface area contributed by atoms with E-state index in [0.29, 0.717) is 22.4 Å². The summed E-state index contributed by atoms with van der Waals surface area (Å²) in [6, 6.07) is 7.90. The Morgan fingerprint density at radius 1 is 1.45 bits per heavy atom. The molecule has 0 bridgehead atoms. The van der Waals surface area contributed by atoms with Crippen molar-refractivity contribution in [1.82, 2.24) is 4.57 Å². The van der Waals surface area contributed by atoms with E-state index in [0.717, 1.165) is 22.9 Å². The maximum absolute atomic E-state index is 12.4. The molecule has 0 radical (unpaired) electrons. The number of benzene rings is 1. The van der Waals surface area contributed by atoms with Crippen LogP contribution in [0.3, 0.4) is 0 Å². The predicted octanol–water partition coefficient (Wildman–Crippen LogP) is 4.80. The van der Waals surface area contributed by atoms with Gasteiger partial charge in [0.15, 0.2) is 0 Å². The Labute approximate surface area is 131 Å². The van der Waals surface area contributed by atoms with Gasteiger partial charge in [-0.25, -0.2) is 0 Å². The number of hydrogen-bond donors (Lipinski definition) is 1. The average Bonchev–Trinajstić information content (AvgIpc) is 3.13. The second kappa shape index (κ2) is 5.26. The molecule has 0 unspecified atom stereocenters. The third kappa shape index (κ3) is 2.63. The first-order chi connectivity index (χ1) is 9.56. The number of carbonyl (C=O) groups is 1. The predicted molar refractivity (Wildman–Crippen MR) is 84.5 cm³/mol. The third-order valence-corrected chi connectivity index (χ3v) is 4.51. The van der Waals surface area contributed by atoms with E-state index >= 15 is 0 Å². The SMILES string of the molecule is Cc1cc(Br)c(NC(=O)c2cccn2C2CC2)cc1Cl. The van der Waals surface area contributed by atoms with Crippen molar-refractivity contribution < 1.29 is 4.79 Å². The number of rotatable bonds is 3. The van der Waals surface area contributed by atoms with Crippen molar-refractivity contribution in [3.05, 3.63) is 51.2 Å². The summed E-state index contributed by atoms with van der Waals surface area (Å²) in [6.45, 7) is 1.93. The Hall–Kier alpha value is -1.26. The number of aromatic nitrogens is 1. The fourth-order valence-electron chi connectivity index (χ4n) is 2.19. The van der Waals surface area contributed by atoms with Crippen LogP contribution in [-0.2, 0) is 0 Å². The molecule has 1 aliphatic rings. The Morgan fingerprint density at radius 3 is 2.90 bits per heavy atom. The summed E-state index contributed by atoms with van der Waals surface area (Å²) in [4.78, 5) is 12.4. The summed E-state index contributed by atoms with van der Waals surface area (Å²) in [5.41, 5.74) is 2.35. The van der Waals surface area contributed by atoms with Crippen LogP contribution in [0.15, 0.2) is 34.9 Å². The van der Waals surface area contributed by atoms with Gasteiger partial charge in [-0.15, -0.1) is 0 Å². The van der Waals surface area contributed by atoms with E-state index in [1.54, 1.807) is 6.07 Å². The minimum atomic E-state index is -0.109. The van der Waals surface area contributed by atoms with Crippen LogP contribution >= 0.6 is 27.5 Å². The molecule has 0 saturated heterocycles. The molecule has 1 aromatic carbocycles. The average molecular weight is 354 g/mol. The Balaban J connectivity index is 1.85. The lowest BCUT2D eigenvalue weighted by Crippen LogP contribution is -2.16. The zero-order valence-electron chi connectivity index (χ0n) is 11.0. The summed E-state index contributed by atoms with van der Waals surface area (Å²) < 4.78 is 2.87. The van der Waals surface area contributed by atoms with Crippen molar-refractivity contribution in [2.45, 2.75) is 25.8 Å². The van der Waals surface area contributed by atoms with Crippen molar-refractivity contribution in [1.29, 1.82) is 0 Å². The lowest BCUT2D eigenvalue weighted by atomic mass is 10.2. The maximum atomic E-state index is 12.4. The van der Waals surface area contributed by atoms with E-state index < -0.39 is 0 Å². The van der Waals surface area contributed by atoms with Gasteiger partial charge in [0.25, 0.3) is 5.91 Å². The quantitative estimate of drug-likeness (QED) is 0.845. The lowest BCUT2D eigenvalue weighted by molar-refractivity contribution is 0.101. The molecule has 0 aliphatic heterocycles. The van der Waals surface area contributed by atoms with E-state index in [2.05, 4.69) is 21.2 Å². The Morgan fingerprint density at radius 2 is 2.20 bits per heavy atom. The number of amides is 1. The molecule has 20 heavy (non-hydrogen) atoms. The highest BCUT2D eigenvalue weighted by atomic mass is 79.9. The number of nitrogens with zero attached hydrogens (tertiary/aromatic N) is 1. The topological polar surface area (TPSA) is 34.0 Å². The number of carbonyl (C=O) groups excluding carboxylic acids is 1. The molecule has 0 spiro atoms. The van der Waals surface area contributed by atoms with Crippen LogP contribution in [0.4, 0.5) is 5.69 Å². The summed E-state index contributed by atoms with van der Waals surface area (Å²) >= 11 is 9.56. The number of nitrogens with one attached hydrogen (secondary N) is 1. The van der Waals surface area contributed by atoms with Gasteiger partial charge in [0.1, 0.15) is 5.69 Å². The molecule has 2 aromatic rings. The molecule has 1 N–H and O–H groups in total. The largest absolute Gasteiger partial charge is 0.340 e. The fraction of sp³-hybridized carbons (Fsp3) is 0.267. The molecule has 3 nitrogen and oxygen atoms in total. The van der Waals surface area contributed by atoms with Crippen LogP contribution in [0, 0.1) is 6.92 Å². The van der Waals surface area contributed by atoms with Crippen LogP contribution in [0.1, 0.15) is 34.9 Å². The second-order valence-electron chi connectivity index (χ2n) is 5.07. The number of anilines is 1.